The average molecular weight is 367 g/mol. The van der Waals surface area contributed by atoms with Gasteiger partial charge in [-0.05, 0) is 35.7 Å². The molecule has 0 spiro atoms. The van der Waals surface area contributed by atoms with Crippen molar-refractivity contribution in [1.29, 1.82) is 0 Å². The number of hydrogen-bond donors (Lipinski definition) is 1. The Balaban J connectivity index is 1.73. The van der Waals surface area contributed by atoms with E-state index in [4.69, 9.17) is 11.6 Å². The van der Waals surface area contributed by atoms with Gasteiger partial charge in [-0.15, -0.1) is 0 Å². The summed E-state index contributed by atoms with van der Waals surface area (Å²) in [7, 11) is -3.81. The molecule has 4 rings (SSSR count). The number of nitrogens with one attached hydrogen (secondary N) is 1. The molecule has 0 fully saturated rings. The van der Waals surface area contributed by atoms with Gasteiger partial charge in [0.1, 0.15) is 10.7 Å². The molecule has 24 heavy (non-hydrogen) atoms. The van der Waals surface area contributed by atoms with Crippen molar-refractivity contribution < 1.29 is 12.8 Å². The highest BCUT2D eigenvalue weighted by molar-refractivity contribution is 7.89. The Kier molecular flexibility index (Phi) is 3.56. The first-order valence-electron chi connectivity index (χ1n) is 7.22. The minimum atomic E-state index is -3.81. The van der Waals surface area contributed by atoms with Gasteiger partial charge in [-0.25, -0.2) is 17.8 Å². The molecule has 1 aliphatic heterocycles. The summed E-state index contributed by atoms with van der Waals surface area (Å²) in [6.45, 7) is 0.507. The fourth-order valence-corrected chi connectivity index (χ4v) is 4.88. The van der Waals surface area contributed by atoms with E-state index >= 15 is 0 Å². The summed E-state index contributed by atoms with van der Waals surface area (Å²) in [4.78, 5) is 4.17. The van der Waals surface area contributed by atoms with Crippen LogP contribution in [0.15, 0.2) is 35.5 Å². The number of hydrogen-bond acceptors (Lipinski definition) is 4. The number of nitrogens with zero attached hydrogens (tertiary/aromatic N) is 3. The highest BCUT2D eigenvalue weighted by Gasteiger charge is 2.31. The van der Waals surface area contributed by atoms with Crippen LogP contribution in [0.2, 0.25) is 5.02 Å². The molecule has 0 amide bonds. The molecule has 9 heteroatoms. The number of rotatable bonds is 2. The second-order valence-electron chi connectivity index (χ2n) is 5.56. The highest BCUT2D eigenvalue weighted by Crippen LogP contribution is 2.31. The minimum Gasteiger partial charge on any atom is -0.261 e. The number of aromatic amines is 1. The fraction of sp³-hybridized carbons (Fsp3) is 0.200. The van der Waals surface area contributed by atoms with E-state index in [1.54, 1.807) is 12.4 Å². The van der Waals surface area contributed by atoms with Crippen LogP contribution < -0.4 is 0 Å². The summed E-state index contributed by atoms with van der Waals surface area (Å²) in [6.07, 6.45) is 3.90. The van der Waals surface area contributed by atoms with Crippen LogP contribution >= 0.6 is 11.6 Å². The van der Waals surface area contributed by atoms with Gasteiger partial charge in [0.2, 0.25) is 10.0 Å². The molecule has 3 aromatic rings. The zero-order valence-corrected chi connectivity index (χ0v) is 13.9. The van der Waals surface area contributed by atoms with Gasteiger partial charge in [0, 0.05) is 24.7 Å². The van der Waals surface area contributed by atoms with E-state index < -0.39 is 15.8 Å². The Labute approximate surface area is 142 Å². The van der Waals surface area contributed by atoms with Crippen LogP contribution in [0.1, 0.15) is 11.1 Å². The van der Waals surface area contributed by atoms with Gasteiger partial charge < -0.3 is 0 Å². The van der Waals surface area contributed by atoms with E-state index in [1.807, 2.05) is 0 Å². The van der Waals surface area contributed by atoms with Crippen molar-refractivity contribution in [3.05, 3.63) is 52.6 Å². The lowest BCUT2D eigenvalue weighted by molar-refractivity contribution is 0.392. The van der Waals surface area contributed by atoms with Gasteiger partial charge in [0.05, 0.1) is 11.2 Å². The zero-order chi connectivity index (χ0) is 16.9. The van der Waals surface area contributed by atoms with Gasteiger partial charge in [0.25, 0.3) is 0 Å². The topological polar surface area (TPSA) is 79.0 Å². The van der Waals surface area contributed by atoms with E-state index in [0.29, 0.717) is 18.6 Å². The molecule has 0 unspecified atom stereocenters. The normalized spacial score (nSPS) is 15.6. The first-order valence-corrected chi connectivity index (χ1v) is 9.03. The highest BCUT2D eigenvalue weighted by atomic mass is 35.5. The summed E-state index contributed by atoms with van der Waals surface area (Å²) >= 11 is 5.93. The lowest BCUT2D eigenvalue weighted by Gasteiger charge is -2.28. The van der Waals surface area contributed by atoms with Crippen molar-refractivity contribution in [2.75, 3.05) is 6.54 Å². The molecule has 1 aliphatic rings. The summed E-state index contributed by atoms with van der Waals surface area (Å²) in [5, 5.41) is 7.56. The lowest BCUT2D eigenvalue weighted by atomic mass is 10.0. The van der Waals surface area contributed by atoms with Crippen LogP contribution in [-0.4, -0.2) is 34.4 Å². The molecular weight excluding hydrogens is 355 g/mol. The Morgan fingerprint density at radius 2 is 2.12 bits per heavy atom. The maximum atomic E-state index is 13.2. The van der Waals surface area contributed by atoms with E-state index in [0.717, 1.165) is 28.6 Å². The number of aromatic nitrogens is 3. The molecular formula is C15H12ClFN4O2S. The molecule has 0 saturated carbocycles. The Hall–Kier alpha value is -2.03. The Bertz CT molecular complexity index is 1050. The maximum absolute atomic E-state index is 13.2. The van der Waals surface area contributed by atoms with Crippen LogP contribution in [0.25, 0.3) is 11.0 Å². The molecule has 0 atom stereocenters. The van der Waals surface area contributed by atoms with Crippen molar-refractivity contribution in [1.82, 2.24) is 19.5 Å². The summed E-state index contributed by atoms with van der Waals surface area (Å²) in [5.41, 5.74) is 2.56. The second-order valence-corrected chi connectivity index (χ2v) is 7.87. The zero-order valence-electron chi connectivity index (χ0n) is 12.3. The van der Waals surface area contributed by atoms with E-state index in [2.05, 4.69) is 15.2 Å². The number of fused-ring (bicyclic) bond motifs is 3. The Morgan fingerprint density at radius 1 is 1.29 bits per heavy atom. The number of benzene rings is 1. The minimum absolute atomic E-state index is 0.0913. The van der Waals surface area contributed by atoms with Gasteiger partial charge >= 0.3 is 0 Å². The lowest BCUT2D eigenvalue weighted by Crippen LogP contribution is -2.36. The number of sulfonamides is 1. The third-order valence-electron chi connectivity index (χ3n) is 4.15. The standard InChI is InChI=1S/C15H12ClFN4O2S/c16-13-5-10(17)1-2-14(13)24(22,23)21-4-3-11-9(8-21)6-18-15-12(11)7-19-20-15/h1-2,5-7H,3-4,8H2,(H,18,19,20). The molecule has 1 aromatic carbocycles. The number of pyridine rings is 1. The molecule has 0 saturated heterocycles. The number of H-pyrrole nitrogens is 1. The average Bonchev–Trinajstić information content (AvgIpc) is 3.03. The molecule has 2 aromatic heterocycles. The molecule has 124 valence electrons. The third kappa shape index (κ3) is 2.38. The van der Waals surface area contributed by atoms with Gasteiger partial charge in [0.15, 0.2) is 5.65 Å². The van der Waals surface area contributed by atoms with E-state index in [9.17, 15) is 12.8 Å². The largest absolute Gasteiger partial charge is 0.261 e. The fourth-order valence-electron chi connectivity index (χ4n) is 2.96. The van der Waals surface area contributed by atoms with Crippen LogP contribution in [0, 0.1) is 5.82 Å². The first-order chi connectivity index (χ1) is 11.5. The molecule has 3 heterocycles. The van der Waals surface area contributed by atoms with Crippen molar-refractivity contribution >= 4 is 32.7 Å². The molecule has 0 bridgehead atoms. The third-order valence-corrected chi connectivity index (χ3v) is 6.48. The monoisotopic (exact) mass is 366 g/mol. The van der Waals surface area contributed by atoms with Crippen LogP contribution in [0.5, 0.6) is 0 Å². The Morgan fingerprint density at radius 3 is 2.92 bits per heavy atom. The van der Waals surface area contributed by atoms with E-state index in [-0.39, 0.29) is 16.5 Å². The van der Waals surface area contributed by atoms with Crippen molar-refractivity contribution in [2.24, 2.45) is 0 Å². The van der Waals surface area contributed by atoms with Gasteiger partial charge in [-0.2, -0.15) is 9.40 Å². The first kappa shape index (κ1) is 15.5. The quantitative estimate of drug-likeness (QED) is 0.755. The predicted molar refractivity (Wildman–Crippen MR) is 86.6 cm³/mol. The number of halogens is 2. The van der Waals surface area contributed by atoms with Crippen LogP contribution in [0.4, 0.5) is 4.39 Å². The molecule has 6 nitrogen and oxygen atoms in total. The van der Waals surface area contributed by atoms with Crippen molar-refractivity contribution in [2.45, 2.75) is 17.9 Å². The summed E-state index contributed by atoms with van der Waals surface area (Å²) in [5.74, 6) is -0.575. The summed E-state index contributed by atoms with van der Waals surface area (Å²) < 4.78 is 40.2. The van der Waals surface area contributed by atoms with Crippen molar-refractivity contribution in [3.63, 3.8) is 0 Å². The summed E-state index contributed by atoms with van der Waals surface area (Å²) in [6, 6.07) is 3.29. The predicted octanol–water partition coefficient (Wildman–Crippen LogP) is 2.50. The van der Waals surface area contributed by atoms with Crippen molar-refractivity contribution in [3.8, 4) is 0 Å². The second kappa shape index (κ2) is 5.51. The molecule has 0 radical (unpaired) electrons. The van der Waals surface area contributed by atoms with E-state index in [1.165, 1.54) is 10.4 Å². The van der Waals surface area contributed by atoms with Crippen LogP contribution in [0.3, 0.4) is 0 Å². The maximum Gasteiger partial charge on any atom is 0.244 e. The SMILES string of the molecule is O=S(=O)(c1ccc(F)cc1Cl)N1CCc2c(cnc3[nH]ncc23)C1. The smallest absolute Gasteiger partial charge is 0.244 e. The van der Waals surface area contributed by atoms with Gasteiger partial charge in [-0.1, -0.05) is 11.6 Å². The van der Waals surface area contributed by atoms with Gasteiger partial charge in [-0.3, -0.25) is 5.10 Å². The molecule has 1 N–H and O–H groups in total. The van der Waals surface area contributed by atoms with Crippen LogP contribution in [-0.2, 0) is 23.0 Å². The molecule has 0 aliphatic carbocycles.